The van der Waals surface area contributed by atoms with Crippen LogP contribution in [0.1, 0.15) is 34.6 Å². The molecule has 3 amide bonds. The van der Waals surface area contributed by atoms with Crippen molar-refractivity contribution in [3.8, 4) is 0 Å². The molecule has 2 aromatic carbocycles. The summed E-state index contributed by atoms with van der Waals surface area (Å²) in [6.45, 7) is 2.85. The van der Waals surface area contributed by atoms with Crippen molar-refractivity contribution in [2.45, 2.75) is 19.9 Å². The van der Waals surface area contributed by atoms with E-state index in [0.717, 1.165) is 12.1 Å². The van der Waals surface area contributed by atoms with Gasteiger partial charge in [0.15, 0.2) is 6.61 Å². The molecule has 8 nitrogen and oxygen atoms in total. The Bertz CT molecular complexity index is 927. The zero-order chi connectivity index (χ0) is 22.3. The van der Waals surface area contributed by atoms with Crippen molar-refractivity contribution < 1.29 is 28.3 Å². The molecule has 1 atom stereocenters. The highest BCUT2D eigenvalue weighted by atomic mass is 19.1. The van der Waals surface area contributed by atoms with Gasteiger partial charge in [0.25, 0.3) is 11.8 Å². The van der Waals surface area contributed by atoms with Crippen molar-refractivity contribution >= 4 is 29.4 Å². The quantitative estimate of drug-likeness (QED) is 0.567. The summed E-state index contributed by atoms with van der Waals surface area (Å²) < 4.78 is 18.0. The van der Waals surface area contributed by atoms with Gasteiger partial charge in [0.1, 0.15) is 11.9 Å². The van der Waals surface area contributed by atoms with E-state index >= 15 is 0 Å². The Balaban J connectivity index is 1.91. The first-order valence-corrected chi connectivity index (χ1v) is 9.10. The van der Waals surface area contributed by atoms with E-state index in [1.165, 1.54) is 36.4 Å². The number of hydrogen-bond acceptors (Lipinski definition) is 5. The summed E-state index contributed by atoms with van der Waals surface area (Å²) in [4.78, 5) is 47.7. The molecule has 2 rings (SSSR count). The molecular formula is C21H22FN3O5. The van der Waals surface area contributed by atoms with Crippen LogP contribution in [0.2, 0.25) is 0 Å². The maximum Gasteiger partial charge on any atom is 0.329 e. The second-order valence-electron chi connectivity index (χ2n) is 6.80. The van der Waals surface area contributed by atoms with Crippen LogP contribution < -0.4 is 16.4 Å². The summed E-state index contributed by atoms with van der Waals surface area (Å²) >= 11 is 0. The van der Waals surface area contributed by atoms with Crippen LogP contribution in [-0.4, -0.2) is 36.3 Å². The molecular weight excluding hydrogens is 393 g/mol. The molecule has 0 aliphatic rings. The van der Waals surface area contributed by atoms with Crippen molar-refractivity contribution in [3.05, 3.63) is 65.5 Å². The number of ether oxygens (including phenoxy) is 1. The molecule has 0 aliphatic carbocycles. The molecule has 9 heteroatoms. The number of benzene rings is 2. The van der Waals surface area contributed by atoms with E-state index in [0.29, 0.717) is 5.69 Å². The average molecular weight is 415 g/mol. The number of carbonyl (C=O) groups is 4. The van der Waals surface area contributed by atoms with Gasteiger partial charge in [0, 0.05) is 16.8 Å². The minimum Gasteiger partial charge on any atom is -0.454 e. The van der Waals surface area contributed by atoms with E-state index in [1.54, 1.807) is 13.8 Å². The zero-order valence-corrected chi connectivity index (χ0v) is 16.5. The van der Waals surface area contributed by atoms with Gasteiger partial charge >= 0.3 is 5.97 Å². The van der Waals surface area contributed by atoms with Crippen molar-refractivity contribution in [2.75, 3.05) is 11.9 Å². The third-order valence-electron chi connectivity index (χ3n) is 4.11. The van der Waals surface area contributed by atoms with Crippen molar-refractivity contribution in [1.82, 2.24) is 5.32 Å². The van der Waals surface area contributed by atoms with Gasteiger partial charge in [0.05, 0.1) is 0 Å². The standard InChI is InChI=1S/C21H22FN3O5/c1-12(2)18(25-20(28)14-3-7-15(22)8-4-14)21(29)30-11-17(26)24-16-9-5-13(6-10-16)19(23)27/h3-10,12,18H,11H2,1-2H3,(H2,23,27)(H,24,26)(H,25,28)/t18-/m0/s1. The van der Waals surface area contributed by atoms with Gasteiger partial charge in [-0.2, -0.15) is 0 Å². The molecule has 0 heterocycles. The molecule has 2 aromatic rings. The fourth-order valence-electron chi connectivity index (χ4n) is 2.46. The SMILES string of the molecule is CC(C)[C@H](NC(=O)c1ccc(F)cc1)C(=O)OCC(=O)Nc1ccc(C(N)=O)cc1. The van der Waals surface area contributed by atoms with E-state index in [-0.39, 0.29) is 17.0 Å². The number of nitrogens with one attached hydrogen (secondary N) is 2. The van der Waals surface area contributed by atoms with Crippen molar-refractivity contribution in [3.63, 3.8) is 0 Å². The Morgan fingerprint density at radius 1 is 0.967 bits per heavy atom. The molecule has 0 aromatic heterocycles. The molecule has 0 aliphatic heterocycles. The maximum atomic E-state index is 13.0. The van der Waals surface area contributed by atoms with E-state index in [2.05, 4.69) is 10.6 Å². The van der Waals surface area contributed by atoms with Gasteiger partial charge in [-0.25, -0.2) is 9.18 Å². The van der Waals surface area contributed by atoms with Crippen LogP contribution in [0.4, 0.5) is 10.1 Å². The molecule has 158 valence electrons. The van der Waals surface area contributed by atoms with Crippen LogP contribution in [0.5, 0.6) is 0 Å². The minimum atomic E-state index is -0.995. The summed E-state index contributed by atoms with van der Waals surface area (Å²) in [5, 5.41) is 5.04. The van der Waals surface area contributed by atoms with Crippen LogP contribution >= 0.6 is 0 Å². The molecule has 0 fully saturated rings. The summed E-state index contributed by atoms with van der Waals surface area (Å²) in [6, 6.07) is 9.74. The number of nitrogens with two attached hydrogens (primary N) is 1. The normalized spacial score (nSPS) is 11.5. The predicted octanol–water partition coefficient (Wildman–Crippen LogP) is 1.86. The highest BCUT2D eigenvalue weighted by molar-refractivity contribution is 5.98. The number of hydrogen-bond donors (Lipinski definition) is 3. The first-order chi connectivity index (χ1) is 14.2. The number of anilines is 1. The fourth-order valence-corrected chi connectivity index (χ4v) is 2.46. The first-order valence-electron chi connectivity index (χ1n) is 9.10. The highest BCUT2D eigenvalue weighted by Gasteiger charge is 2.26. The lowest BCUT2D eigenvalue weighted by atomic mass is 10.0. The largest absolute Gasteiger partial charge is 0.454 e. The van der Waals surface area contributed by atoms with Crippen LogP contribution in [0.25, 0.3) is 0 Å². The Hall–Kier alpha value is -3.75. The third kappa shape index (κ3) is 6.40. The van der Waals surface area contributed by atoms with Gasteiger partial charge in [0.2, 0.25) is 5.91 Å². The number of rotatable bonds is 8. The van der Waals surface area contributed by atoms with Gasteiger partial charge in [-0.1, -0.05) is 13.8 Å². The Labute approximate surface area is 172 Å². The van der Waals surface area contributed by atoms with Gasteiger partial charge in [-0.05, 0) is 54.4 Å². The summed E-state index contributed by atoms with van der Waals surface area (Å²) in [5.74, 6) is -3.33. The zero-order valence-electron chi connectivity index (χ0n) is 16.5. The molecule has 4 N–H and O–H groups in total. The summed E-state index contributed by atoms with van der Waals surface area (Å²) in [6.07, 6.45) is 0. The smallest absolute Gasteiger partial charge is 0.329 e. The fraction of sp³-hybridized carbons (Fsp3) is 0.238. The lowest BCUT2D eigenvalue weighted by molar-refractivity contribution is -0.150. The second kappa shape index (κ2) is 10.1. The molecule has 0 spiro atoms. The third-order valence-corrected chi connectivity index (χ3v) is 4.11. The monoisotopic (exact) mass is 415 g/mol. The average Bonchev–Trinajstić information content (AvgIpc) is 2.70. The van der Waals surface area contributed by atoms with Crippen molar-refractivity contribution in [1.29, 1.82) is 0 Å². The predicted molar refractivity (Wildman–Crippen MR) is 107 cm³/mol. The molecule has 0 radical (unpaired) electrons. The van der Waals surface area contributed by atoms with Gasteiger partial charge in [-0.3, -0.25) is 14.4 Å². The van der Waals surface area contributed by atoms with E-state index in [1.807, 2.05) is 0 Å². The molecule has 0 unspecified atom stereocenters. The van der Waals surface area contributed by atoms with E-state index in [9.17, 15) is 23.6 Å². The summed E-state index contributed by atoms with van der Waals surface area (Å²) in [7, 11) is 0. The second-order valence-corrected chi connectivity index (χ2v) is 6.80. The minimum absolute atomic E-state index is 0.187. The Kier molecular flexibility index (Phi) is 7.62. The molecule has 0 bridgehead atoms. The van der Waals surface area contributed by atoms with Gasteiger partial charge < -0.3 is 21.1 Å². The molecule has 0 saturated carbocycles. The summed E-state index contributed by atoms with van der Waals surface area (Å²) in [5.41, 5.74) is 6.02. The number of esters is 1. The first kappa shape index (κ1) is 22.5. The Morgan fingerprint density at radius 3 is 2.07 bits per heavy atom. The number of halogens is 1. The van der Waals surface area contributed by atoms with Crippen LogP contribution in [0.3, 0.4) is 0 Å². The molecule has 0 saturated heterocycles. The van der Waals surface area contributed by atoms with Crippen LogP contribution in [-0.2, 0) is 14.3 Å². The number of primary amides is 1. The van der Waals surface area contributed by atoms with Crippen LogP contribution in [0, 0.1) is 11.7 Å². The van der Waals surface area contributed by atoms with Crippen molar-refractivity contribution in [2.24, 2.45) is 11.7 Å². The topological polar surface area (TPSA) is 128 Å². The maximum absolute atomic E-state index is 13.0. The molecule has 30 heavy (non-hydrogen) atoms. The number of amides is 3. The van der Waals surface area contributed by atoms with Gasteiger partial charge in [-0.15, -0.1) is 0 Å². The van der Waals surface area contributed by atoms with E-state index in [4.69, 9.17) is 10.5 Å². The highest BCUT2D eigenvalue weighted by Crippen LogP contribution is 2.10. The lowest BCUT2D eigenvalue weighted by Crippen LogP contribution is -2.45. The lowest BCUT2D eigenvalue weighted by Gasteiger charge is -2.20. The Morgan fingerprint density at radius 2 is 1.53 bits per heavy atom. The number of carbonyl (C=O) groups excluding carboxylic acids is 4. The van der Waals surface area contributed by atoms with Crippen LogP contribution in [0.15, 0.2) is 48.5 Å². The van der Waals surface area contributed by atoms with E-state index < -0.39 is 42.2 Å².